The number of carboxylic acids is 1. The first kappa shape index (κ1) is 15.2. The Morgan fingerprint density at radius 2 is 2.10 bits per heavy atom. The van der Waals surface area contributed by atoms with Crippen LogP contribution in [-0.2, 0) is 4.79 Å². The largest absolute Gasteiger partial charge is 0.479 e. The molecule has 1 fully saturated rings. The molecule has 3 nitrogen and oxygen atoms in total. The number of nitrogens with one attached hydrogen (secondary N) is 1. The molecule has 0 heterocycles. The highest BCUT2D eigenvalue weighted by Gasteiger charge is 2.48. The van der Waals surface area contributed by atoms with Gasteiger partial charge in [0.1, 0.15) is 5.54 Å². The van der Waals surface area contributed by atoms with E-state index >= 15 is 0 Å². The van der Waals surface area contributed by atoms with E-state index in [1.807, 2.05) is 18.2 Å². The normalized spacial score (nSPS) is 26.5. The minimum atomic E-state index is -0.905. The number of rotatable bonds is 4. The van der Waals surface area contributed by atoms with Gasteiger partial charge < -0.3 is 10.4 Å². The van der Waals surface area contributed by atoms with Crippen LogP contribution in [-0.4, -0.2) is 16.6 Å². The van der Waals surface area contributed by atoms with E-state index in [9.17, 15) is 9.90 Å². The third-order valence-electron chi connectivity index (χ3n) is 4.39. The minimum Gasteiger partial charge on any atom is -0.479 e. The Morgan fingerprint density at radius 3 is 2.70 bits per heavy atom. The third kappa shape index (κ3) is 2.78. The van der Waals surface area contributed by atoms with Gasteiger partial charge in [0.2, 0.25) is 0 Å². The van der Waals surface area contributed by atoms with Crippen molar-refractivity contribution in [1.29, 1.82) is 0 Å². The maximum absolute atomic E-state index is 12.0. The molecule has 0 aliphatic heterocycles. The van der Waals surface area contributed by atoms with Crippen molar-refractivity contribution in [2.24, 2.45) is 11.8 Å². The van der Waals surface area contributed by atoms with Crippen LogP contribution in [0.4, 0.5) is 5.69 Å². The van der Waals surface area contributed by atoms with Gasteiger partial charge in [-0.3, -0.25) is 0 Å². The molecule has 0 radical (unpaired) electrons. The summed E-state index contributed by atoms with van der Waals surface area (Å²) in [6.45, 7) is 4.20. The second kappa shape index (κ2) is 6.04. The van der Waals surface area contributed by atoms with Crippen LogP contribution in [0.25, 0.3) is 0 Å². The highest BCUT2D eigenvalue weighted by molar-refractivity contribution is 6.33. The third-order valence-corrected chi connectivity index (χ3v) is 4.72. The van der Waals surface area contributed by atoms with Gasteiger partial charge in [0.25, 0.3) is 0 Å². The molecule has 1 aromatic carbocycles. The number of hydrogen-bond donors (Lipinski definition) is 2. The predicted molar refractivity (Wildman–Crippen MR) is 82.2 cm³/mol. The smallest absolute Gasteiger partial charge is 0.329 e. The molecule has 1 aliphatic rings. The number of benzene rings is 1. The summed E-state index contributed by atoms with van der Waals surface area (Å²) >= 11 is 6.18. The second-order valence-corrected chi connectivity index (χ2v) is 6.38. The quantitative estimate of drug-likeness (QED) is 0.864. The van der Waals surface area contributed by atoms with E-state index in [0.717, 1.165) is 19.3 Å². The topological polar surface area (TPSA) is 49.3 Å². The van der Waals surface area contributed by atoms with Gasteiger partial charge in [-0.05, 0) is 36.8 Å². The van der Waals surface area contributed by atoms with Crippen LogP contribution in [0.2, 0.25) is 5.02 Å². The van der Waals surface area contributed by atoms with Crippen molar-refractivity contribution in [3.63, 3.8) is 0 Å². The Morgan fingerprint density at radius 1 is 1.40 bits per heavy atom. The van der Waals surface area contributed by atoms with E-state index < -0.39 is 11.5 Å². The summed E-state index contributed by atoms with van der Waals surface area (Å²) in [5.74, 6) is -0.331. The van der Waals surface area contributed by atoms with E-state index in [-0.39, 0.29) is 5.92 Å². The molecule has 110 valence electrons. The van der Waals surface area contributed by atoms with Gasteiger partial charge in [0.05, 0.1) is 10.7 Å². The van der Waals surface area contributed by atoms with Gasteiger partial charge in [-0.25, -0.2) is 4.79 Å². The Labute approximate surface area is 125 Å². The number of aliphatic carboxylic acids is 1. The standard InChI is InChI=1S/C16H22ClNO2/c1-11(2)12-7-5-6-10-16(12,15(19)20)18-14-9-4-3-8-13(14)17/h3-4,8-9,11-12,18H,5-7,10H2,1-2H3,(H,19,20). The molecule has 0 bridgehead atoms. The second-order valence-electron chi connectivity index (χ2n) is 5.98. The first-order valence-corrected chi connectivity index (χ1v) is 7.61. The number of para-hydroxylation sites is 1. The van der Waals surface area contributed by atoms with Crippen LogP contribution in [0.3, 0.4) is 0 Å². The lowest BCUT2D eigenvalue weighted by molar-refractivity contribution is -0.146. The van der Waals surface area contributed by atoms with Crippen LogP contribution >= 0.6 is 11.6 Å². The van der Waals surface area contributed by atoms with Crippen LogP contribution in [0.1, 0.15) is 39.5 Å². The average molecular weight is 296 g/mol. The number of anilines is 1. The predicted octanol–water partition coefficient (Wildman–Crippen LogP) is 4.42. The fraction of sp³-hybridized carbons (Fsp3) is 0.562. The number of carboxylic acid groups (broad SMARTS) is 1. The van der Waals surface area contributed by atoms with E-state index in [2.05, 4.69) is 19.2 Å². The lowest BCUT2D eigenvalue weighted by Gasteiger charge is -2.44. The minimum absolute atomic E-state index is 0.116. The summed E-state index contributed by atoms with van der Waals surface area (Å²) < 4.78 is 0. The van der Waals surface area contributed by atoms with E-state index in [1.54, 1.807) is 6.07 Å². The zero-order chi connectivity index (χ0) is 14.8. The molecule has 0 saturated heterocycles. The molecular formula is C16H22ClNO2. The van der Waals surface area contributed by atoms with Crippen molar-refractivity contribution in [3.05, 3.63) is 29.3 Å². The summed E-state index contributed by atoms with van der Waals surface area (Å²) in [5, 5.41) is 13.7. The molecule has 1 saturated carbocycles. The Hall–Kier alpha value is -1.22. The molecule has 0 amide bonds. The monoisotopic (exact) mass is 295 g/mol. The fourth-order valence-electron chi connectivity index (χ4n) is 3.38. The fourth-order valence-corrected chi connectivity index (χ4v) is 3.56. The lowest BCUT2D eigenvalue weighted by Crippen LogP contribution is -2.55. The van der Waals surface area contributed by atoms with Crippen molar-refractivity contribution >= 4 is 23.3 Å². The SMILES string of the molecule is CC(C)C1CCCCC1(Nc1ccccc1Cl)C(=O)O. The highest BCUT2D eigenvalue weighted by Crippen LogP contribution is 2.42. The van der Waals surface area contributed by atoms with Gasteiger partial charge in [-0.1, -0.05) is 50.4 Å². The number of hydrogen-bond acceptors (Lipinski definition) is 2. The summed E-state index contributed by atoms with van der Waals surface area (Å²) in [5.41, 5.74) is -0.193. The molecule has 0 spiro atoms. The average Bonchev–Trinajstić information content (AvgIpc) is 2.41. The van der Waals surface area contributed by atoms with Crippen molar-refractivity contribution < 1.29 is 9.90 Å². The number of carbonyl (C=O) groups is 1. The van der Waals surface area contributed by atoms with Crippen LogP contribution in [0.15, 0.2) is 24.3 Å². The first-order chi connectivity index (χ1) is 9.47. The Balaban J connectivity index is 2.38. The summed E-state index contributed by atoms with van der Waals surface area (Å²) in [4.78, 5) is 12.0. The maximum Gasteiger partial charge on any atom is 0.329 e. The molecular weight excluding hydrogens is 274 g/mol. The summed E-state index contributed by atoms with van der Waals surface area (Å²) in [6.07, 6.45) is 3.63. The van der Waals surface area contributed by atoms with Gasteiger partial charge >= 0.3 is 5.97 Å². The van der Waals surface area contributed by atoms with Crippen LogP contribution < -0.4 is 5.32 Å². The zero-order valence-corrected chi connectivity index (χ0v) is 12.8. The van der Waals surface area contributed by atoms with Gasteiger partial charge in [0, 0.05) is 0 Å². The zero-order valence-electron chi connectivity index (χ0n) is 12.0. The molecule has 0 aromatic heterocycles. The van der Waals surface area contributed by atoms with Crippen molar-refractivity contribution in [2.75, 3.05) is 5.32 Å². The van der Waals surface area contributed by atoms with Gasteiger partial charge in [-0.2, -0.15) is 0 Å². The molecule has 20 heavy (non-hydrogen) atoms. The van der Waals surface area contributed by atoms with Crippen LogP contribution in [0, 0.1) is 11.8 Å². The molecule has 2 N–H and O–H groups in total. The Kier molecular flexibility index (Phi) is 4.59. The lowest BCUT2D eigenvalue weighted by atomic mass is 9.67. The number of halogens is 1. The highest BCUT2D eigenvalue weighted by atomic mass is 35.5. The molecule has 2 atom stereocenters. The molecule has 1 aromatic rings. The first-order valence-electron chi connectivity index (χ1n) is 7.23. The molecule has 4 heteroatoms. The van der Waals surface area contributed by atoms with Crippen molar-refractivity contribution in [1.82, 2.24) is 0 Å². The summed E-state index contributed by atoms with van der Waals surface area (Å²) in [7, 11) is 0. The van der Waals surface area contributed by atoms with E-state index in [0.29, 0.717) is 23.0 Å². The molecule has 2 unspecified atom stereocenters. The molecule has 1 aliphatic carbocycles. The van der Waals surface area contributed by atoms with E-state index in [1.165, 1.54) is 0 Å². The van der Waals surface area contributed by atoms with Gasteiger partial charge in [0.15, 0.2) is 0 Å². The Bertz CT molecular complexity index is 489. The maximum atomic E-state index is 12.0. The van der Waals surface area contributed by atoms with Crippen molar-refractivity contribution in [2.45, 2.75) is 45.1 Å². The van der Waals surface area contributed by atoms with Crippen molar-refractivity contribution in [3.8, 4) is 0 Å². The summed E-state index contributed by atoms with van der Waals surface area (Å²) in [6, 6.07) is 7.35. The van der Waals surface area contributed by atoms with Gasteiger partial charge in [-0.15, -0.1) is 0 Å². The molecule has 2 rings (SSSR count). The van der Waals surface area contributed by atoms with Crippen LogP contribution in [0.5, 0.6) is 0 Å². The van der Waals surface area contributed by atoms with E-state index in [4.69, 9.17) is 11.6 Å².